The number of likely N-dealkylation sites (tertiary alicyclic amines) is 2. The van der Waals surface area contributed by atoms with Gasteiger partial charge in [-0.3, -0.25) is 14.5 Å². The quantitative estimate of drug-likeness (QED) is 0.524. The minimum Gasteiger partial charge on any atom is -0.369 e. The van der Waals surface area contributed by atoms with E-state index in [1.54, 1.807) is 0 Å². The summed E-state index contributed by atoms with van der Waals surface area (Å²) in [7, 11) is 0. The number of ether oxygens (including phenoxy) is 1. The smallest absolute Gasteiger partial charge is 0.256 e. The zero-order valence-corrected chi connectivity index (χ0v) is 24.8. The Labute approximate surface area is 250 Å². The predicted molar refractivity (Wildman–Crippen MR) is 159 cm³/mol. The van der Waals surface area contributed by atoms with Crippen molar-refractivity contribution in [3.05, 3.63) is 47.7 Å². The topological polar surface area (TPSA) is 88.9 Å². The zero-order chi connectivity index (χ0) is 28.7. The van der Waals surface area contributed by atoms with Crippen LogP contribution in [0.25, 0.3) is 0 Å². The highest BCUT2D eigenvalue weighted by Crippen LogP contribution is 2.47. The minimum absolute atomic E-state index is 0.00227. The fourth-order valence-electron chi connectivity index (χ4n) is 9.02. The number of fused-ring (bicyclic) bond motifs is 2. The molecule has 1 aromatic rings. The van der Waals surface area contributed by atoms with Crippen molar-refractivity contribution in [1.82, 2.24) is 20.0 Å². The number of nitrogens with one attached hydrogen (secondary N) is 1. The highest BCUT2D eigenvalue weighted by molar-refractivity contribution is 6.20. The van der Waals surface area contributed by atoms with Crippen molar-refractivity contribution in [2.45, 2.75) is 100.0 Å². The van der Waals surface area contributed by atoms with Gasteiger partial charge in [-0.2, -0.15) is 5.26 Å². The maximum atomic E-state index is 13.9. The summed E-state index contributed by atoms with van der Waals surface area (Å²) in [6.07, 6.45) is 12.1. The molecule has 6 unspecified atom stereocenters. The molecule has 7 rings (SSSR count). The third-order valence-electron chi connectivity index (χ3n) is 11.3. The molecule has 5 fully saturated rings. The molecular formula is C34H45N5O3. The molecule has 2 aliphatic carbocycles. The molecule has 42 heavy (non-hydrogen) atoms. The van der Waals surface area contributed by atoms with Crippen LogP contribution in [0, 0.1) is 17.2 Å². The summed E-state index contributed by atoms with van der Waals surface area (Å²) in [5.74, 6) is -0.409. The summed E-state index contributed by atoms with van der Waals surface area (Å²) in [5.41, 5.74) is 1.03. The Morgan fingerprint density at radius 3 is 2.50 bits per heavy atom. The van der Waals surface area contributed by atoms with Crippen molar-refractivity contribution in [2.24, 2.45) is 5.92 Å². The van der Waals surface area contributed by atoms with Gasteiger partial charge in [-0.15, -0.1) is 0 Å². The number of carbonyl (C=O) groups is 2. The van der Waals surface area contributed by atoms with E-state index in [1.807, 2.05) is 24.4 Å². The molecule has 0 aromatic heterocycles. The van der Waals surface area contributed by atoms with E-state index in [4.69, 9.17) is 4.74 Å². The van der Waals surface area contributed by atoms with Crippen LogP contribution in [0.15, 0.2) is 42.1 Å². The van der Waals surface area contributed by atoms with Gasteiger partial charge >= 0.3 is 0 Å². The monoisotopic (exact) mass is 571 g/mol. The molecule has 8 nitrogen and oxygen atoms in total. The second-order valence-electron chi connectivity index (χ2n) is 13.5. The number of hydrogen-bond donors (Lipinski definition) is 1. The van der Waals surface area contributed by atoms with Crippen molar-refractivity contribution in [2.75, 3.05) is 39.3 Å². The molecule has 4 aliphatic heterocycles. The lowest BCUT2D eigenvalue weighted by Gasteiger charge is -2.60. The van der Waals surface area contributed by atoms with E-state index in [1.165, 1.54) is 19.3 Å². The molecular weight excluding hydrogens is 526 g/mol. The van der Waals surface area contributed by atoms with E-state index in [0.717, 1.165) is 83.2 Å². The lowest BCUT2D eigenvalue weighted by Crippen LogP contribution is -2.71. The number of piperidine rings is 1. The van der Waals surface area contributed by atoms with E-state index >= 15 is 0 Å². The molecule has 6 atom stereocenters. The summed E-state index contributed by atoms with van der Waals surface area (Å²) in [4.78, 5) is 34.6. The molecule has 4 heterocycles. The van der Waals surface area contributed by atoms with Crippen molar-refractivity contribution < 1.29 is 14.3 Å². The molecule has 2 saturated carbocycles. The lowest BCUT2D eigenvalue weighted by molar-refractivity contribution is -0.201. The molecule has 1 aromatic carbocycles. The van der Waals surface area contributed by atoms with Gasteiger partial charge in [-0.25, -0.2) is 0 Å². The van der Waals surface area contributed by atoms with Crippen molar-refractivity contribution >= 4 is 11.7 Å². The molecule has 3 saturated heterocycles. The molecule has 8 heteroatoms. The third-order valence-corrected chi connectivity index (χ3v) is 11.3. The average Bonchev–Trinajstić information content (AvgIpc) is 3.56. The summed E-state index contributed by atoms with van der Waals surface area (Å²) in [6.45, 7) is 5.33. The second-order valence-corrected chi connectivity index (χ2v) is 13.5. The Hall–Kier alpha value is -2.73. The van der Waals surface area contributed by atoms with Crippen molar-refractivity contribution in [1.29, 1.82) is 5.26 Å². The SMILES string of the molecule is N#CC1(c2ccccc2)CCN(C2CCC3C(=O)C(C(=O)NCCN4CCCC4)=CN4C5CCCCC5OC2C34)CC1. The van der Waals surface area contributed by atoms with Gasteiger partial charge in [0.15, 0.2) is 5.78 Å². The van der Waals surface area contributed by atoms with Crippen LogP contribution in [0.5, 0.6) is 0 Å². The Morgan fingerprint density at radius 1 is 0.976 bits per heavy atom. The summed E-state index contributed by atoms with van der Waals surface area (Å²) >= 11 is 0. The first kappa shape index (κ1) is 28.1. The maximum absolute atomic E-state index is 13.9. The number of rotatable bonds is 6. The number of hydrogen-bond acceptors (Lipinski definition) is 7. The van der Waals surface area contributed by atoms with E-state index in [2.05, 4.69) is 38.2 Å². The Bertz CT molecular complexity index is 1230. The summed E-state index contributed by atoms with van der Waals surface area (Å²) in [5, 5.41) is 13.3. The number of morpholine rings is 1. The highest BCUT2D eigenvalue weighted by atomic mass is 16.5. The maximum Gasteiger partial charge on any atom is 0.256 e. The number of Topliss-reactive ketones (excluding diaryl/α,β-unsaturated/α-hetero) is 1. The summed E-state index contributed by atoms with van der Waals surface area (Å²) < 4.78 is 6.99. The zero-order valence-electron chi connectivity index (χ0n) is 24.8. The lowest BCUT2D eigenvalue weighted by atomic mass is 9.69. The third kappa shape index (κ3) is 4.98. The van der Waals surface area contributed by atoms with E-state index in [-0.39, 0.29) is 47.9 Å². The molecule has 1 N–H and O–H groups in total. The van der Waals surface area contributed by atoms with Gasteiger partial charge in [0.2, 0.25) is 0 Å². The van der Waals surface area contributed by atoms with Crippen LogP contribution < -0.4 is 5.32 Å². The minimum atomic E-state index is -0.441. The molecule has 0 bridgehead atoms. The molecule has 6 aliphatic rings. The fraction of sp³-hybridized carbons (Fsp3) is 0.676. The van der Waals surface area contributed by atoms with E-state index in [9.17, 15) is 14.9 Å². The second kappa shape index (κ2) is 11.7. The van der Waals surface area contributed by atoms with Crippen molar-refractivity contribution in [3.63, 3.8) is 0 Å². The van der Waals surface area contributed by atoms with Crippen LogP contribution in [-0.2, 0) is 19.7 Å². The average molecular weight is 572 g/mol. The first-order chi connectivity index (χ1) is 20.6. The normalized spacial score (nSPS) is 34.6. The Kier molecular flexibility index (Phi) is 7.85. The van der Waals surface area contributed by atoms with Crippen LogP contribution in [-0.4, -0.2) is 96.0 Å². The van der Waals surface area contributed by atoms with Crippen LogP contribution >= 0.6 is 0 Å². The standard InChI is InChI=1S/C34H45N5O3/c35-23-34(24-8-2-1-3-9-24)14-19-38(20-15-34)28-13-12-25-30-32(28)42-29-11-5-4-10-27(29)39(30)22-26(31(25)40)33(41)36-16-21-37-17-6-7-18-37/h1-3,8-9,22,25,27-30,32H,4-7,10-21H2,(H,36,41). The molecule has 1 amide bonds. The van der Waals surface area contributed by atoms with Crippen molar-refractivity contribution in [3.8, 4) is 6.07 Å². The number of carbonyl (C=O) groups excluding carboxylic acids is 2. The van der Waals surface area contributed by atoms with Crippen LogP contribution in [0.3, 0.4) is 0 Å². The highest BCUT2D eigenvalue weighted by Gasteiger charge is 2.57. The van der Waals surface area contributed by atoms with Gasteiger partial charge in [0.05, 0.1) is 41.3 Å². The van der Waals surface area contributed by atoms with Crippen LogP contribution in [0.4, 0.5) is 0 Å². The van der Waals surface area contributed by atoms with Gasteiger partial charge in [0.1, 0.15) is 0 Å². The van der Waals surface area contributed by atoms with E-state index in [0.29, 0.717) is 12.1 Å². The van der Waals surface area contributed by atoms with Crippen LogP contribution in [0.2, 0.25) is 0 Å². The van der Waals surface area contributed by atoms with Gasteiger partial charge in [0.25, 0.3) is 5.91 Å². The van der Waals surface area contributed by atoms with Gasteiger partial charge in [-0.05, 0) is 70.0 Å². The number of nitriles is 1. The number of benzene rings is 1. The Morgan fingerprint density at radius 2 is 1.74 bits per heavy atom. The largest absolute Gasteiger partial charge is 0.369 e. The van der Waals surface area contributed by atoms with Gasteiger partial charge < -0.3 is 19.9 Å². The predicted octanol–water partition coefficient (Wildman–Crippen LogP) is 3.38. The number of nitrogens with zero attached hydrogens (tertiary/aromatic N) is 4. The summed E-state index contributed by atoms with van der Waals surface area (Å²) in [6, 6.07) is 13.4. The number of ketones is 1. The molecule has 0 spiro atoms. The first-order valence-electron chi connectivity index (χ1n) is 16.5. The molecule has 224 valence electrons. The van der Waals surface area contributed by atoms with Gasteiger partial charge in [0, 0.05) is 44.3 Å². The Balaban J connectivity index is 1.10. The van der Waals surface area contributed by atoms with Gasteiger partial charge in [-0.1, -0.05) is 43.2 Å². The number of amides is 1. The first-order valence-corrected chi connectivity index (χ1v) is 16.5. The van der Waals surface area contributed by atoms with E-state index < -0.39 is 5.41 Å². The fourth-order valence-corrected chi connectivity index (χ4v) is 9.02. The molecule has 0 radical (unpaired) electrons. The van der Waals surface area contributed by atoms with Crippen LogP contribution in [0.1, 0.15) is 69.8 Å².